The molecule has 1 aromatic rings. The van der Waals surface area contributed by atoms with E-state index < -0.39 is 15.6 Å². The molecular weight excluding hydrogens is 268 g/mol. The summed E-state index contributed by atoms with van der Waals surface area (Å²) in [5.74, 6) is -0.149. The molecule has 2 rings (SSSR count). The van der Waals surface area contributed by atoms with Gasteiger partial charge in [-0.3, -0.25) is 5.41 Å². The highest BCUT2D eigenvalue weighted by atomic mass is 32.2. The van der Waals surface area contributed by atoms with Gasteiger partial charge in [-0.2, -0.15) is 4.72 Å². The van der Waals surface area contributed by atoms with E-state index in [9.17, 15) is 8.42 Å². The minimum absolute atomic E-state index is 0.0212. The summed E-state index contributed by atoms with van der Waals surface area (Å²) in [5.41, 5.74) is 4.62. The van der Waals surface area contributed by atoms with E-state index in [1.807, 2.05) is 7.05 Å². The maximum Gasteiger partial charge on any atom is 0.258 e. The van der Waals surface area contributed by atoms with Gasteiger partial charge in [0.1, 0.15) is 5.84 Å². The third kappa shape index (κ3) is 2.77. The molecule has 0 spiro atoms. The predicted octanol–water partition coefficient (Wildman–Crippen LogP) is -0.912. The fourth-order valence-corrected chi connectivity index (χ4v) is 3.47. The normalized spacial score (nSPS) is 20.3. The predicted molar refractivity (Wildman–Crippen MR) is 70.3 cm³/mol. The van der Waals surface area contributed by atoms with Gasteiger partial charge in [-0.1, -0.05) is 0 Å². The highest BCUT2D eigenvalue weighted by molar-refractivity contribution is 7.89. The Bertz CT molecular complexity index is 545. The summed E-state index contributed by atoms with van der Waals surface area (Å²) in [5, 5.41) is 7.69. The van der Waals surface area contributed by atoms with Crippen LogP contribution in [0.5, 0.6) is 0 Å². The number of hydrogen-bond acceptors (Lipinski definition) is 5. The molecule has 0 radical (unpaired) electrons. The summed E-state index contributed by atoms with van der Waals surface area (Å²) in [6, 6.07) is 0. The van der Waals surface area contributed by atoms with Crippen molar-refractivity contribution in [3.8, 4) is 0 Å². The van der Waals surface area contributed by atoms with Crippen molar-refractivity contribution in [1.29, 1.82) is 5.41 Å². The molecule has 1 fully saturated rings. The highest BCUT2D eigenvalue weighted by Crippen LogP contribution is 2.23. The molecule has 5 N–H and O–H groups in total. The summed E-state index contributed by atoms with van der Waals surface area (Å²) in [7, 11) is -1.79. The summed E-state index contributed by atoms with van der Waals surface area (Å²) in [6.07, 6.45) is 3.48. The van der Waals surface area contributed by atoms with Gasteiger partial charge in [0.2, 0.25) is 0 Å². The Kier molecular flexibility index (Phi) is 3.61. The number of H-pyrrole nitrogens is 1. The first-order chi connectivity index (χ1) is 8.86. The number of nitrogens with zero attached hydrogens (tertiary/aromatic N) is 2. The molecule has 9 heteroatoms. The van der Waals surface area contributed by atoms with Crippen LogP contribution >= 0.6 is 0 Å². The Hall–Kier alpha value is -1.45. The van der Waals surface area contributed by atoms with Crippen LogP contribution in [0.2, 0.25) is 0 Å². The van der Waals surface area contributed by atoms with Gasteiger partial charge >= 0.3 is 0 Å². The molecule has 0 saturated carbocycles. The molecule has 1 aliphatic rings. The van der Waals surface area contributed by atoms with Gasteiger partial charge in [-0.25, -0.2) is 13.4 Å². The van der Waals surface area contributed by atoms with Crippen molar-refractivity contribution in [2.45, 2.75) is 23.4 Å². The van der Waals surface area contributed by atoms with E-state index in [2.05, 4.69) is 19.6 Å². The molecule has 0 unspecified atom stereocenters. The Balaban J connectivity index is 2.25. The van der Waals surface area contributed by atoms with Crippen molar-refractivity contribution in [2.75, 3.05) is 20.1 Å². The minimum Gasteiger partial charge on any atom is -0.386 e. The van der Waals surface area contributed by atoms with Crippen LogP contribution in [-0.2, 0) is 10.0 Å². The van der Waals surface area contributed by atoms with Crippen LogP contribution in [0.3, 0.4) is 0 Å². The molecule has 1 saturated heterocycles. The second-order valence-corrected chi connectivity index (χ2v) is 6.47. The molecule has 0 aromatic carbocycles. The quantitative estimate of drug-likeness (QED) is 0.421. The number of likely N-dealkylation sites (tertiary alicyclic amines) is 1. The molecule has 8 nitrogen and oxygen atoms in total. The Labute approximate surface area is 112 Å². The number of nitrogens with two attached hydrogens (primary N) is 1. The monoisotopic (exact) mass is 286 g/mol. The highest BCUT2D eigenvalue weighted by Gasteiger charge is 2.40. The molecule has 19 heavy (non-hydrogen) atoms. The van der Waals surface area contributed by atoms with Crippen LogP contribution in [0.15, 0.2) is 17.6 Å². The Morgan fingerprint density at radius 1 is 1.58 bits per heavy atom. The molecule has 2 heterocycles. The van der Waals surface area contributed by atoms with Gasteiger partial charge in [-0.15, -0.1) is 0 Å². The SMILES string of the molecule is CN1CCC(NS(=O)(=O)c2cnc[nH]2)(C(=N)N)CC1. The fraction of sp³-hybridized carbons (Fsp3) is 0.600. The van der Waals surface area contributed by atoms with Crippen molar-refractivity contribution in [2.24, 2.45) is 5.73 Å². The van der Waals surface area contributed by atoms with Gasteiger partial charge in [-0.05, 0) is 19.9 Å². The zero-order valence-corrected chi connectivity index (χ0v) is 11.5. The first kappa shape index (κ1) is 14.0. The van der Waals surface area contributed by atoms with Gasteiger partial charge in [0.25, 0.3) is 10.0 Å². The molecule has 0 aliphatic carbocycles. The number of piperidine rings is 1. The van der Waals surface area contributed by atoms with E-state index in [1.54, 1.807) is 0 Å². The largest absolute Gasteiger partial charge is 0.386 e. The Morgan fingerprint density at radius 3 is 2.68 bits per heavy atom. The average Bonchev–Trinajstić information content (AvgIpc) is 2.86. The molecule has 106 valence electrons. The molecule has 1 aliphatic heterocycles. The van der Waals surface area contributed by atoms with Gasteiger partial charge in [0, 0.05) is 13.1 Å². The number of sulfonamides is 1. The lowest BCUT2D eigenvalue weighted by Gasteiger charge is -2.39. The number of hydrogen-bond donors (Lipinski definition) is 4. The zero-order valence-electron chi connectivity index (χ0n) is 10.7. The van der Waals surface area contributed by atoms with Crippen LogP contribution in [0.25, 0.3) is 0 Å². The smallest absolute Gasteiger partial charge is 0.258 e. The molecular formula is C10H18N6O2S. The van der Waals surface area contributed by atoms with E-state index in [-0.39, 0.29) is 10.9 Å². The second-order valence-electron chi connectivity index (χ2n) is 4.82. The van der Waals surface area contributed by atoms with Crippen molar-refractivity contribution >= 4 is 15.9 Å². The van der Waals surface area contributed by atoms with E-state index >= 15 is 0 Å². The summed E-state index contributed by atoms with van der Waals surface area (Å²) >= 11 is 0. The van der Waals surface area contributed by atoms with Crippen LogP contribution in [0, 0.1) is 5.41 Å². The first-order valence-corrected chi connectivity index (χ1v) is 7.39. The molecule has 0 amide bonds. The lowest BCUT2D eigenvalue weighted by molar-refractivity contribution is 0.218. The number of nitrogens with one attached hydrogen (secondary N) is 3. The van der Waals surface area contributed by atoms with Gasteiger partial charge < -0.3 is 15.6 Å². The lowest BCUT2D eigenvalue weighted by atomic mass is 9.88. The number of amidine groups is 1. The third-order valence-corrected chi connectivity index (χ3v) is 4.91. The lowest BCUT2D eigenvalue weighted by Crippen LogP contribution is -2.61. The van der Waals surface area contributed by atoms with Crippen molar-refractivity contribution in [3.63, 3.8) is 0 Å². The second kappa shape index (κ2) is 4.91. The average molecular weight is 286 g/mol. The maximum absolute atomic E-state index is 12.2. The number of rotatable bonds is 4. The van der Waals surface area contributed by atoms with E-state index in [1.165, 1.54) is 12.5 Å². The van der Waals surface area contributed by atoms with E-state index in [4.69, 9.17) is 11.1 Å². The van der Waals surface area contributed by atoms with Crippen LogP contribution < -0.4 is 10.5 Å². The van der Waals surface area contributed by atoms with Gasteiger partial charge in [0.15, 0.2) is 5.03 Å². The van der Waals surface area contributed by atoms with Crippen molar-refractivity contribution in [1.82, 2.24) is 19.6 Å². The third-order valence-electron chi connectivity index (χ3n) is 3.45. The topological polar surface area (TPSA) is 128 Å². The fourth-order valence-electron chi connectivity index (χ4n) is 2.13. The number of imidazole rings is 1. The van der Waals surface area contributed by atoms with E-state index in [0.29, 0.717) is 25.9 Å². The summed E-state index contributed by atoms with van der Waals surface area (Å²) in [4.78, 5) is 8.32. The van der Waals surface area contributed by atoms with Crippen LogP contribution in [0.1, 0.15) is 12.8 Å². The van der Waals surface area contributed by atoms with Crippen molar-refractivity contribution in [3.05, 3.63) is 12.5 Å². The van der Waals surface area contributed by atoms with Crippen LogP contribution in [0.4, 0.5) is 0 Å². The number of aromatic nitrogens is 2. The van der Waals surface area contributed by atoms with E-state index in [0.717, 1.165) is 0 Å². The molecule has 0 bridgehead atoms. The number of aromatic amines is 1. The van der Waals surface area contributed by atoms with Gasteiger partial charge in [0.05, 0.1) is 18.1 Å². The summed E-state index contributed by atoms with van der Waals surface area (Å²) < 4.78 is 27.0. The first-order valence-electron chi connectivity index (χ1n) is 5.91. The zero-order chi connectivity index (χ0) is 14.1. The summed E-state index contributed by atoms with van der Waals surface area (Å²) in [6.45, 7) is 1.37. The molecule has 0 atom stereocenters. The van der Waals surface area contributed by atoms with Crippen LogP contribution in [-0.4, -0.2) is 54.8 Å². The van der Waals surface area contributed by atoms with Crippen molar-refractivity contribution < 1.29 is 8.42 Å². The maximum atomic E-state index is 12.2. The standard InChI is InChI=1S/C10H18N6O2S/c1-16-4-2-10(3-5-16,9(11)12)15-19(17,18)8-6-13-7-14-8/h6-7,15H,2-5H2,1H3,(H3,11,12)(H,13,14). The Morgan fingerprint density at radius 2 is 2.21 bits per heavy atom. The minimum atomic E-state index is -3.74. The molecule has 1 aromatic heterocycles.